The summed E-state index contributed by atoms with van der Waals surface area (Å²) in [6, 6.07) is 1.90. The summed E-state index contributed by atoms with van der Waals surface area (Å²) in [5.41, 5.74) is 0. The van der Waals surface area contributed by atoms with Crippen molar-refractivity contribution < 1.29 is 4.74 Å². The van der Waals surface area contributed by atoms with Crippen LogP contribution in [0.1, 0.15) is 13.3 Å². The molecular formula is C7H10N2O. The van der Waals surface area contributed by atoms with Gasteiger partial charge in [0.1, 0.15) is 6.04 Å². The lowest BCUT2D eigenvalue weighted by Crippen LogP contribution is -2.12. The van der Waals surface area contributed by atoms with Crippen molar-refractivity contribution >= 4 is 6.21 Å². The third-order valence-electron chi connectivity index (χ3n) is 1.42. The minimum atomic E-state index is -0.170. The molecule has 1 aliphatic rings. The molecule has 1 heterocycles. The first-order valence-electron chi connectivity index (χ1n) is 3.41. The maximum atomic E-state index is 8.43. The third kappa shape index (κ3) is 1.55. The Bertz CT molecular complexity index is 171. The highest BCUT2D eigenvalue weighted by atomic mass is 16.5. The number of ether oxygens (including phenoxy) is 1. The van der Waals surface area contributed by atoms with E-state index in [0.717, 1.165) is 6.42 Å². The largest absolute Gasteiger partial charge is 0.373 e. The zero-order valence-corrected chi connectivity index (χ0v) is 5.95. The minimum absolute atomic E-state index is 0.0784. The van der Waals surface area contributed by atoms with Crippen LogP contribution in [0.2, 0.25) is 0 Å². The molecule has 0 radical (unpaired) electrons. The van der Waals surface area contributed by atoms with Crippen molar-refractivity contribution in [3.8, 4) is 6.07 Å². The zero-order chi connectivity index (χ0) is 7.40. The minimum Gasteiger partial charge on any atom is -0.373 e. The molecule has 2 unspecified atom stereocenters. The third-order valence-corrected chi connectivity index (χ3v) is 1.42. The molecule has 0 saturated heterocycles. The van der Waals surface area contributed by atoms with Gasteiger partial charge < -0.3 is 4.74 Å². The summed E-state index contributed by atoms with van der Waals surface area (Å²) < 4.78 is 5.23. The fourth-order valence-electron chi connectivity index (χ4n) is 0.953. The van der Waals surface area contributed by atoms with E-state index in [0.29, 0.717) is 6.61 Å². The van der Waals surface area contributed by atoms with Gasteiger partial charge in [0.15, 0.2) is 0 Å². The molecule has 0 bridgehead atoms. The normalized spacial score (nSPS) is 30.4. The second-order valence-electron chi connectivity index (χ2n) is 2.17. The van der Waals surface area contributed by atoms with Crippen molar-refractivity contribution in [3.63, 3.8) is 0 Å². The molecular weight excluding hydrogens is 128 g/mol. The van der Waals surface area contributed by atoms with Crippen LogP contribution in [0.4, 0.5) is 0 Å². The summed E-state index contributed by atoms with van der Waals surface area (Å²) in [6.45, 7) is 2.63. The number of aliphatic imine (C=N–C) groups is 1. The molecule has 10 heavy (non-hydrogen) atoms. The van der Waals surface area contributed by atoms with E-state index in [2.05, 4.69) is 11.1 Å². The summed E-state index contributed by atoms with van der Waals surface area (Å²) >= 11 is 0. The second kappa shape index (κ2) is 3.33. The van der Waals surface area contributed by atoms with E-state index >= 15 is 0 Å². The molecule has 2 atom stereocenters. The number of nitrogens with zero attached hydrogens (tertiary/aromatic N) is 2. The van der Waals surface area contributed by atoms with Crippen LogP contribution in [0.25, 0.3) is 0 Å². The van der Waals surface area contributed by atoms with Gasteiger partial charge in [-0.2, -0.15) is 5.26 Å². The molecule has 0 aromatic carbocycles. The summed E-state index contributed by atoms with van der Waals surface area (Å²) in [6.07, 6.45) is 2.52. The lowest BCUT2D eigenvalue weighted by Gasteiger charge is -2.04. The zero-order valence-electron chi connectivity index (χ0n) is 5.95. The van der Waals surface area contributed by atoms with Crippen LogP contribution in [0, 0.1) is 11.3 Å². The first-order chi connectivity index (χ1) is 4.86. The summed E-state index contributed by atoms with van der Waals surface area (Å²) in [4.78, 5) is 3.94. The molecule has 1 aliphatic heterocycles. The van der Waals surface area contributed by atoms with Crippen molar-refractivity contribution in [2.24, 2.45) is 4.99 Å². The lowest BCUT2D eigenvalue weighted by atomic mass is 10.2. The quantitative estimate of drug-likeness (QED) is 0.565. The van der Waals surface area contributed by atoms with E-state index in [-0.39, 0.29) is 12.1 Å². The second-order valence-corrected chi connectivity index (χ2v) is 2.17. The fourth-order valence-corrected chi connectivity index (χ4v) is 0.953. The van der Waals surface area contributed by atoms with Crippen LogP contribution in [-0.4, -0.2) is 25.0 Å². The number of rotatable bonds is 2. The molecule has 0 spiro atoms. The van der Waals surface area contributed by atoms with Gasteiger partial charge in [0, 0.05) is 19.2 Å². The van der Waals surface area contributed by atoms with Gasteiger partial charge in [-0.15, -0.1) is 0 Å². The summed E-state index contributed by atoms with van der Waals surface area (Å²) in [7, 11) is 0. The maximum absolute atomic E-state index is 8.43. The predicted molar refractivity (Wildman–Crippen MR) is 37.9 cm³/mol. The SMILES string of the molecule is CCOC1C=NC(C#N)C1. The molecule has 1 rings (SSSR count). The van der Waals surface area contributed by atoms with Crippen LogP contribution in [-0.2, 0) is 4.74 Å². The van der Waals surface area contributed by atoms with Gasteiger partial charge in [0.05, 0.1) is 12.2 Å². The maximum Gasteiger partial charge on any atom is 0.139 e. The van der Waals surface area contributed by atoms with E-state index in [1.807, 2.05) is 6.92 Å². The molecule has 3 nitrogen and oxygen atoms in total. The first kappa shape index (κ1) is 7.23. The Morgan fingerprint density at radius 1 is 1.90 bits per heavy atom. The van der Waals surface area contributed by atoms with Crippen molar-refractivity contribution in [2.75, 3.05) is 6.61 Å². The fraction of sp³-hybridized carbons (Fsp3) is 0.714. The van der Waals surface area contributed by atoms with Gasteiger partial charge in [-0.05, 0) is 6.92 Å². The van der Waals surface area contributed by atoms with Crippen molar-refractivity contribution in [1.82, 2.24) is 0 Å². The Morgan fingerprint density at radius 2 is 2.70 bits per heavy atom. The summed E-state index contributed by atoms with van der Waals surface area (Å²) in [5, 5.41) is 8.43. The molecule has 0 N–H and O–H groups in total. The molecule has 0 saturated carbocycles. The Hall–Kier alpha value is -0.880. The monoisotopic (exact) mass is 138 g/mol. The average molecular weight is 138 g/mol. The van der Waals surface area contributed by atoms with Crippen LogP contribution in [0.5, 0.6) is 0 Å². The number of nitriles is 1. The van der Waals surface area contributed by atoms with E-state index in [9.17, 15) is 0 Å². The van der Waals surface area contributed by atoms with E-state index in [4.69, 9.17) is 10.00 Å². The highest BCUT2D eigenvalue weighted by Gasteiger charge is 2.19. The Morgan fingerprint density at radius 3 is 3.20 bits per heavy atom. The van der Waals surface area contributed by atoms with Gasteiger partial charge in [0.2, 0.25) is 0 Å². The van der Waals surface area contributed by atoms with Crippen molar-refractivity contribution in [2.45, 2.75) is 25.5 Å². The molecule has 0 aromatic rings. The summed E-state index contributed by atoms with van der Waals surface area (Å²) in [5.74, 6) is 0. The lowest BCUT2D eigenvalue weighted by molar-refractivity contribution is 0.111. The first-order valence-corrected chi connectivity index (χ1v) is 3.41. The van der Waals surface area contributed by atoms with E-state index < -0.39 is 0 Å². The number of hydrogen-bond donors (Lipinski definition) is 0. The molecule has 54 valence electrons. The van der Waals surface area contributed by atoms with Gasteiger partial charge in [0.25, 0.3) is 0 Å². The predicted octanol–water partition coefficient (Wildman–Crippen LogP) is 0.758. The van der Waals surface area contributed by atoms with Crippen LogP contribution in [0.15, 0.2) is 4.99 Å². The smallest absolute Gasteiger partial charge is 0.139 e. The van der Waals surface area contributed by atoms with E-state index in [1.165, 1.54) is 0 Å². The standard InChI is InChI=1S/C7H10N2O/c1-2-10-7-3-6(4-8)9-5-7/h5-7H,2-3H2,1H3. The van der Waals surface area contributed by atoms with Crippen LogP contribution >= 0.6 is 0 Å². The van der Waals surface area contributed by atoms with Gasteiger partial charge in [-0.1, -0.05) is 0 Å². The topological polar surface area (TPSA) is 45.4 Å². The van der Waals surface area contributed by atoms with Gasteiger partial charge in [-0.3, -0.25) is 4.99 Å². The average Bonchev–Trinajstić information content (AvgIpc) is 2.37. The molecule has 0 aromatic heterocycles. The Labute approximate surface area is 60.3 Å². The van der Waals surface area contributed by atoms with Gasteiger partial charge >= 0.3 is 0 Å². The highest BCUT2D eigenvalue weighted by Crippen LogP contribution is 2.10. The molecule has 0 amide bonds. The Balaban J connectivity index is 2.32. The Kier molecular flexibility index (Phi) is 2.41. The van der Waals surface area contributed by atoms with E-state index in [1.54, 1.807) is 6.21 Å². The van der Waals surface area contributed by atoms with Crippen LogP contribution in [0.3, 0.4) is 0 Å². The van der Waals surface area contributed by atoms with Crippen molar-refractivity contribution in [3.05, 3.63) is 0 Å². The van der Waals surface area contributed by atoms with Crippen LogP contribution < -0.4 is 0 Å². The molecule has 0 aliphatic carbocycles. The van der Waals surface area contributed by atoms with Gasteiger partial charge in [-0.25, -0.2) is 0 Å². The molecule has 0 fully saturated rings. The molecule has 3 heteroatoms. The number of hydrogen-bond acceptors (Lipinski definition) is 3. The van der Waals surface area contributed by atoms with Crippen molar-refractivity contribution in [1.29, 1.82) is 5.26 Å². The highest BCUT2D eigenvalue weighted by molar-refractivity contribution is 5.66.